The SMILES string of the molecule is CCCCCCCCC[n+]1ccn(-c2ccccc2)c1C(C)C. The van der Waals surface area contributed by atoms with Crippen LogP contribution in [0.3, 0.4) is 0 Å². The summed E-state index contributed by atoms with van der Waals surface area (Å²) >= 11 is 0. The monoisotopic (exact) mass is 313 g/mol. The zero-order chi connectivity index (χ0) is 16.5. The largest absolute Gasteiger partial charge is 0.264 e. The predicted molar refractivity (Wildman–Crippen MR) is 98.0 cm³/mol. The molecule has 1 aromatic heterocycles. The Balaban J connectivity index is 1.93. The van der Waals surface area contributed by atoms with Crippen molar-refractivity contribution in [3.05, 3.63) is 48.5 Å². The maximum Gasteiger partial charge on any atom is 0.264 e. The van der Waals surface area contributed by atoms with Crippen LogP contribution < -0.4 is 4.57 Å². The molecule has 0 aliphatic carbocycles. The Morgan fingerprint density at radius 3 is 2.22 bits per heavy atom. The topological polar surface area (TPSA) is 8.81 Å². The van der Waals surface area contributed by atoms with Crippen LogP contribution in [0.4, 0.5) is 0 Å². The molecule has 0 aliphatic heterocycles. The number of unbranched alkanes of at least 4 members (excludes halogenated alkanes) is 6. The van der Waals surface area contributed by atoms with Gasteiger partial charge in [-0.25, -0.2) is 4.57 Å². The van der Waals surface area contributed by atoms with Crippen LogP contribution in [0.15, 0.2) is 42.7 Å². The fraction of sp³-hybridized carbons (Fsp3) is 0.571. The first-order valence-electron chi connectivity index (χ1n) is 9.40. The molecule has 0 spiro atoms. The van der Waals surface area contributed by atoms with E-state index in [1.165, 1.54) is 56.5 Å². The van der Waals surface area contributed by atoms with Gasteiger partial charge >= 0.3 is 0 Å². The highest BCUT2D eigenvalue weighted by Gasteiger charge is 2.21. The average Bonchev–Trinajstić information content (AvgIpc) is 2.99. The third kappa shape index (κ3) is 5.23. The van der Waals surface area contributed by atoms with Crippen LogP contribution in [0.1, 0.15) is 77.5 Å². The number of hydrogen-bond acceptors (Lipinski definition) is 0. The van der Waals surface area contributed by atoms with E-state index in [4.69, 9.17) is 0 Å². The highest BCUT2D eigenvalue weighted by Crippen LogP contribution is 2.17. The van der Waals surface area contributed by atoms with E-state index in [1.807, 2.05) is 0 Å². The Morgan fingerprint density at radius 1 is 0.913 bits per heavy atom. The van der Waals surface area contributed by atoms with Crippen LogP contribution in [-0.4, -0.2) is 4.57 Å². The second-order valence-electron chi connectivity index (χ2n) is 6.83. The number of nitrogens with zero attached hydrogens (tertiary/aromatic N) is 2. The summed E-state index contributed by atoms with van der Waals surface area (Å²) in [6, 6.07) is 10.7. The maximum atomic E-state index is 2.45. The Morgan fingerprint density at radius 2 is 1.57 bits per heavy atom. The number of hydrogen-bond donors (Lipinski definition) is 0. The summed E-state index contributed by atoms with van der Waals surface area (Å²) in [6.45, 7) is 7.99. The predicted octanol–water partition coefficient (Wildman–Crippen LogP) is 5.64. The van der Waals surface area contributed by atoms with Gasteiger partial charge in [0.05, 0.1) is 12.5 Å². The van der Waals surface area contributed by atoms with E-state index in [0.29, 0.717) is 5.92 Å². The Labute approximate surface area is 142 Å². The average molecular weight is 314 g/mol. The van der Waals surface area contributed by atoms with E-state index in [0.717, 1.165) is 6.54 Å². The lowest BCUT2D eigenvalue weighted by molar-refractivity contribution is -0.705. The van der Waals surface area contributed by atoms with E-state index in [2.05, 4.69) is 72.6 Å². The number of aryl methyl sites for hydroxylation is 1. The lowest BCUT2D eigenvalue weighted by atomic mass is 10.1. The molecule has 23 heavy (non-hydrogen) atoms. The molecule has 2 nitrogen and oxygen atoms in total. The molecule has 2 rings (SSSR count). The van der Waals surface area contributed by atoms with E-state index < -0.39 is 0 Å². The van der Waals surface area contributed by atoms with Gasteiger partial charge in [0.2, 0.25) is 0 Å². The van der Waals surface area contributed by atoms with Crippen molar-refractivity contribution in [2.24, 2.45) is 0 Å². The molecular formula is C21H33N2+. The lowest BCUT2D eigenvalue weighted by Gasteiger charge is -2.08. The highest BCUT2D eigenvalue weighted by atomic mass is 15.2. The first-order chi connectivity index (χ1) is 11.2. The summed E-state index contributed by atoms with van der Waals surface area (Å²) in [5.74, 6) is 1.93. The number of benzene rings is 1. The molecule has 0 atom stereocenters. The van der Waals surface area contributed by atoms with Crippen molar-refractivity contribution in [3.63, 3.8) is 0 Å². The summed E-state index contributed by atoms with van der Waals surface area (Å²) in [4.78, 5) is 0. The minimum Gasteiger partial charge on any atom is -0.234 e. The molecule has 0 bridgehead atoms. The third-order valence-electron chi connectivity index (χ3n) is 4.49. The molecule has 0 saturated carbocycles. The summed E-state index contributed by atoms with van der Waals surface area (Å²) in [5, 5.41) is 0. The fourth-order valence-electron chi connectivity index (χ4n) is 3.28. The summed E-state index contributed by atoms with van der Waals surface area (Å²) < 4.78 is 4.79. The summed E-state index contributed by atoms with van der Waals surface area (Å²) in [6.07, 6.45) is 14.0. The smallest absolute Gasteiger partial charge is 0.234 e. The minimum atomic E-state index is 0.523. The van der Waals surface area contributed by atoms with Crippen LogP contribution in [0.25, 0.3) is 5.69 Å². The van der Waals surface area contributed by atoms with E-state index in [9.17, 15) is 0 Å². The van der Waals surface area contributed by atoms with Gasteiger partial charge in [-0.3, -0.25) is 0 Å². The molecule has 2 heteroatoms. The van der Waals surface area contributed by atoms with Crippen molar-refractivity contribution >= 4 is 0 Å². The number of aromatic nitrogens is 2. The van der Waals surface area contributed by atoms with E-state index in [1.54, 1.807) is 0 Å². The van der Waals surface area contributed by atoms with Crippen molar-refractivity contribution in [3.8, 4) is 5.69 Å². The molecule has 0 radical (unpaired) electrons. The van der Waals surface area contributed by atoms with Gasteiger partial charge in [-0.15, -0.1) is 0 Å². The minimum absolute atomic E-state index is 0.523. The van der Waals surface area contributed by atoms with Gasteiger partial charge in [-0.1, -0.05) is 71.1 Å². The van der Waals surface area contributed by atoms with Gasteiger partial charge in [-0.05, 0) is 25.0 Å². The molecule has 0 unspecified atom stereocenters. The number of para-hydroxylation sites is 1. The van der Waals surface area contributed by atoms with Gasteiger partial charge in [0.1, 0.15) is 18.1 Å². The van der Waals surface area contributed by atoms with Gasteiger partial charge in [-0.2, -0.15) is 4.57 Å². The van der Waals surface area contributed by atoms with E-state index >= 15 is 0 Å². The zero-order valence-electron chi connectivity index (χ0n) is 15.2. The first-order valence-corrected chi connectivity index (χ1v) is 9.40. The van der Waals surface area contributed by atoms with Crippen molar-refractivity contribution in [2.45, 2.75) is 78.2 Å². The standard InChI is InChI=1S/C21H33N2/c1-4-5-6-7-8-9-13-16-22-17-18-23(21(22)19(2)3)20-14-11-10-12-15-20/h10-12,14-15,17-19H,4-9,13,16H2,1-3H3/q+1. The third-order valence-corrected chi connectivity index (χ3v) is 4.49. The number of imidazole rings is 1. The van der Waals surface area contributed by atoms with Gasteiger partial charge in [0, 0.05) is 0 Å². The molecule has 0 N–H and O–H groups in total. The first kappa shape index (κ1) is 17.8. The fourth-order valence-corrected chi connectivity index (χ4v) is 3.28. The van der Waals surface area contributed by atoms with Crippen molar-refractivity contribution in [2.75, 3.05) is 0 Å². The molecule has 0 aliphatic rings. The van der Waals surface area contributed by atoms with Crippen LogP contribution in [-0.2, 0) is 6.54 Å². The highest BCUT2D eigenvalue weighted by molar-refractivity contribution is 5.32. The molecule has 2 aromatic rings. The van der Waals surface area contributed by atoms with Gasteiger partial charge in [0.25, 0.3) is 5.82 Å². The molecule has 126 valence electrons. The van der Waals surface area contributed by atoms with Crippen molar-refractivity contribution in [1.29, 1.82) is 0 Å². The van der Waals surface area contributed by atoms with Crippen LogP contribution in [0, 0.1) is 0 Å². The van der Waals surface area contributed by atoms with Crippen molar-refractivity contribution < 1.29 is 4.57 Å². The van der Waals surface area contributed by atoms with Crippen LogP contribution >= 0.6 is 0 Å². The molecule has 0 saturated heterocycles. The second kappa shape index (κ2) is 9.54. The zero-order valence-corrected chi connectivity index (χ0v) is 15.2. The van der Waals surface area contributed by atoms with Gasteiger partial charge in [0.15, 0.2) is 0 Å². The second-order valence-corrected chi connectivity index (χ2v) is 6.83. The Hall–Kier alpha value is -1.57. The summed E-state index contributed by atoms with van der Waals surface area (Å²) in [7, 11) is 0. The summed E-state index contributed by atoms with van der Waals surface area (Å²) in [5.41, 5.74) is 1.26. The Kier molecular flexibility index (Phi) is 7.38. The molecule has 0 amide bonds. The number of rotatable bonds is 10. The molecule has 1 heterocycles. The molecule has 0 fully saturated rings. The molecule has 1 aromatic carbocycles. The maximum absolute atomic E-state index is 2.45. The lowest BCUT2D eigenvalue weighted by Crippen LogP contribution is -2.37. The molecular weight excluding hydrogens is 280 g/mol. The quantitative estimate of drug-likeness (QED) is 0.396. The normalized spacial score (nSPS) is 11.3. The van der Waals surface area contributed by atoms with Crippen LogP contribution in [0.2, 0.25) is 0 Å². The van der Waals surface area contributed by atoms with E-state index in [-0.39, 0.29) is 0 Å². The van der Waals surface area contributed by atoms with Crippen LogP contribution in [0.5, 0.6) is 0 Å². The van der Waals surface area contributed by atoms with Crippen molar-refractivity contribution in [1.82, 2.24) is 4.57 Å². The van der Waals surface area contributed by atoms with Gasteiger partial charge < -0.3 is 0 Å². The Bertz CT molecular complexity index is 554.